The molecule has 76 valence electrons. The Morgan fingerprint density at radius 3 is 0.846 bits per heavy atom. The molecule has 0 spiro atoms. The summed E-state index contributed by atoms with van der Waals surface area (Å²) in [5.41, 5.74) is 0. The molecule has 0 radical (unpaired) electrons. The van der Waals surface area contributed by atoms with Gasteiger partial charge in [-0.3, -0.25) is 0 Å². The molecule has 13 heavy (non-hydrogen) atoms. The molecule has 5 heteroatoms. The van der Waals surface area contributed by atoms with E-state index in [0.717, 1.165) is 26.2 Å². The Balaban J connectivity index is -0.000000125. The average Bonchev–Trinajstić information content (AvgIpc) is 2.67. The fourth-order valence-electron chi connectivity index (χ4n) is 1.12. The minimum atomic E-state index is 0. The van der Waals surface area contributed by atoms with Gasteiger partial charge in [0.25, 0.3) is 0 Å². The van der Waals surface area contributed by atoms with Gasteiger partial charge in [0.05, 0.1) is 0 Å². The van der Waals surface area contributed by atoms with Crippen molar-refractivity contribution in [1.82, 2.24) is 0 Å². The van der Waals surface area contributed by atoms with Crippen molar-refractivity contribution in [3.05, 3.63) is 10.6 Å². The number of hydrogen-bond donors (Lipinski definition) is 0. The maximum absolute atomic E-state index is 4.08. The average molecular weight is 391 g/mol. The molecule has 2 saturated heterocycles. The molecule has 0 amide bonds. The molecule has 0 aromatic heterocycles. The van der Waals surface area contributed by atoms with Gasteiger partial charge in [-0.2, -0.15) is 0 Å². The first-order chi connectivity index (χ1) is 5.00. The van der Waals surface area contributed by atoms with Gasteiger partial charge in [0, 0.05) is 0 Å². The number of hydrogen-bond acceptors (Lipinski definition) is 0. The van der Waals surface area contributed by atoms with Gasteiger partial charge < -0.3 is 44.6 Å². The zero-order valence-corrected chi connectivity index (χ0v) is 13.4. The molecule has 0 aromatic carbocycles. The Hall–Kier alpha value is 1.76. The maximum Gasteiger partial charge on any atom is 4.00 e. The van der Waals surface area contributed by atoms with E-state index >= 15 is 0 Å². The normalized spacial score (nSPS) is 18.5. The van der Waals surface area contributed by atoms with Crippen LogP contribution in [0.25, 0.3) is 10.6 Å². The Morgan fingerprint density at radius 1 is 0.538 bits per heavy atom. The summed E-state index contributed by atoms with van der Waals surface area (Å²) in [5.74, 6) is 0. The molecular formula is C8H16Br2N2Zr. The van der Waals surface area contributed by atoms with E-state index in [1.807, 2.05) is 0 Å². The first-order valence-electron chi connectivity index (χ1n) is 4.26. The van der Waals surface area contributed by atoms with Crippen LogP contribution in [0.4, 0.5) is 0 Å². The van der Waals surface area contributed by atoms with E-state index in [4.69, 9.17) is 0 Å². The smallest absolute Gasteiger partial charge is 1.00 e. The molecule has 2 aliphatic rings. The van der Waals surface area contributed by atoms with E-state index in [-0.39, 0.29) is 60.2 Å². The van der Waals surface area contributed by atoms with Crippen molar-refractivity contribution in [3.8, 4) is 0 Å². The first kappa shape index (κ1) is 20.2. The van der Waals surface area contributed by atoms with Crippen LogP contribution in [0, 0.1) is 0 Å². The van der Waals surface area contributed by atoms with Crippen LogP contribution in [0.15, 0.2) is 0 Å². The molecule has 0 aliphatic carbocycles. The van der Waals surface area contributed by atoms with Gasteiger partial charge in [0.1, 0.15) is 0 Å². The molecule has 2 aliphatic heterocycles. The van der Waals surface area contributed by atoms with Crippen LogP contribution in [0.2, 0.25) is 0 Å². The number of nitrogens with zero attached hydrogens (tertiary/aromatic N) is 2. The molecule has 0 aromatic rings. The van der Waals surface area contributed by atoms with Gasteiger partial charge in [0.2, 0.25) is 0 Å². The van der Waals surface area contributed by atoms with Gasteiger partial charge in [-0.05, 0) is 0 Å². The standard InChI is InChI=1S/2C4H8N.2BrH.Zr/c2*1-2-4-5-3-1;;;/h2*1-4H2;2*1H;/q2*-1;;;+4/p-2. The van der Waals surface area contributed by atoms with Gasteiger partial charge in [-0.1, -0.05) is 25.7 Å². The second-order valence-electron chi connectivity index (χ2n) is 2.76. The molecule has 2 nitrogen and oxygen atoms in total. The van der Waals surface area contributed by atoms with Gasteiger partial charge in [-0.25, -0.2) is 0 Å². The fraction of sp³-hybridized carbons (Fsp3) is 1.00. The Morgan fingerprint density at radius 2 is 0.769 bits per heavy atom. The summed E-state index contributed by atoms with van der Waals surface area (Å²) in [4.78, 5) is 0. The minimum absolute atomic E-state index is 0. The van der Waals surface area contributed by atoms with Crippen LogP contribution in [0.5, 0.6) is 0 Å². The monoisotopic (exact) mass is 388 g/mol. The summed E-state index contributed by atoms with van der Waals surface area (Å²) in [6.45, 7) is 4.50. The third kappa shape index (κ3) is 13.8. The Kier molecular flexibility index (Phi) is 25.2. The van der Waals surface area contributed by atoms with Crippen LogP contribution < -0.4 is 34.0 Å². The summed E-state index contributed by atoms with van der Waals surface area (Å²) < 4.78 is 0. The van der Waals surface area contributed by atoms with Crippen LogP contribution in [-0.4, -0.2) is 26.2 Å². The van der Waals surface area contributed by atoms with Crippen molar-refractivity contribution < 1.29 is 60.2 Å². The summed E-state index contributed by atoms with van der Waals surface area (Å²) in [7, 11) is 0. The van der Waals surface area contributed by atoms with Crippen molar-refractivity contribution >= 4 is 0 Å². The third-order valence-electron chi connectivity index (χ3n) is 1.76. The number of rotatable bonds is 0. The zero-order valence-electron chi connectivity index (χ0n) is 7.81. The van der Waals surface area contributed by atoms with E-state index in [9.17, 15) is 0 Å². The topological polar surface area (TPSA) is 28.2 Å². The molecule has 2 heterocycles. The number of halogens is 2. The fourth-order valence-corrected chi connectivity index (χ4v) is 1.12. The van der Waals surface area contributed by atoms with Gasteiger partial charge in [0.15, 0.2) is 0 Å². The molecule has 0 bridgehead atoms. The molecule has 2 fully saturated rings. The summed E-state index contributed by atoms with van der Waals surface area (Å²) in [6, 6.07) is 0. The summed E-state index contributed by atoms with van der Waals surface area (Å²) in [6.07, 6.45) is 5.33. The van der Waals surface area contributed by atoms with E-state index in [0.29, 0.717) is 0 Å². The van der Waals surface area contributed by atoms with Gasteiger partial charge >= 0.3 is 26.2 Å². The largest absolute Gasteiger partial charge is 4.00 e. The SMILES string of the molecule is C1CC[N-]C1.C1CC[N-]C1.[Br-].[Br-].[Zr+4]. The first-order valence-corrected chi connectivity index (χ1v) is 4.26. The molecular weight excluding hydrogens is 375 g/mol. The van der Waals surface area contributed by atoms with E-state index in [2.05, 4.69) is 10.6 Å². The van der Waals surface area contributed by atoms with Crippen molar-refractivity contribution in [2.24, 2.45) is 0 Å². The Bertz CT molecular complexity index is 53.3. The zero-order chi connectivity index (χ0) is 7.07. The molecule has 0 saturated carbocycles. The molecule has 0 atom stereocenters. The second kappa shape index (κ2) is 16.2. The minimum Gasteiger partial charge on any atom is -1.00 e. The van der Waals surface area contributed by atoms with E-state index in [1.54, 1.807) is 0 Å². The van der Waals surface area contributed by atoms with Crippen LogP contribution in [0.1, 0.15) is 25.7 Å². The van der Waals surface area contributed by atoms with Crippen molar-refractivity contribution in [1.29, 1.82) is 0 Å². The van der Waals surface area contributed by atoms with Crippen LogP contribution in [0.3, 0.4) is 0 Å². The molecule has 2 rings (SSSR count). The van der Waals surface area contributed by atoms with Crippen molar-refractivity contribution in [2.45, 2.75) is 25.7 Å². The maximum atomic E-state index is 4.08. The summed E-state index contributed by atoms with van der Waals surface area (Å²) >= 11 is 0. The van der Waals surface area contributed by atoms with Gasteiger partial charge in [-0.15, -0.1) is 26.2 Å². The predicted molar refractivity (Wildman–Crippen MR) is 44.7 cm³/mol. The van der Waals surface area contributed by atoms with Crippen molar-refractivity contribution in [2.75, 3.05) is 26.2 Å². The third-order valence-corrected chi connectivity index (χ3v) is 1.76. The predicted octanol–water partition coefficient (Wildman–Crippen LogP) is -3.69. The van der Waals surface area contributed by atoms with E-state index in [1.165, 1.54) is 25.7 Å². The van der Waals surface area contributed by atoms with Crippen molar-refractivity contribution in [3.63, 3.8) is 0 Å². The summed E-state index contributed by atoms with van der Waals surface area (Å²) in [5, 5.41) is 8.17. The van der Waals surface area contributed by atoms with Crippen LogP contribution >= 0.6 is 0 Å². The second-order valence-corrected chi connectivity index (χ2v) is 2.76. The molecule has 0 N–H and O–H groups in total. The van der Waals surface area contributed by atoms with Crippen LogP contribution in [-0.2, 0) is 26.2 Å². The molecule has 0 unspecified atom stereocenters. The van der Waals surface area contributed by atoms with E-state index < -0.39 is 0 Å². The Labute approximate surface area is 122 Å². The quantitative estimate of drug-likeness (QED) is 0.407.